The Morgan fingerprint density at radius 3 is 0.352 bits per heavy atom. The Kier molecular flexibility index (Phi) is 20.9. The van der Waals surface area contributed by atoms with Crippen LogP contribution in [-0.4, -0.2) is 0 Å². The minimum atomic E-state index is 1.10. The van der Waals surface area contributed by atoms with E-state index in [-0.39, 0.29) is 0 Å². The second kappa shape index (κ2) is 34.2. The van der Waals surface area contributed by atoms with Crippen LogP contribution < -0.4 is 19.6 Å². The molecule has 0 fully saturated rings. The summed E-state index contributed by atoms with van der Waals surface area (Å²) in [6.07, 6.45) is 0. The molecule has 0 aromatic heterocycles. The van der Waals surface area contributed by atoms with Gasteiger partial charge in [-0.25, -0.2) is 0 Å². The van der Waals surface area contributed by atoms with Crippen LogP contribution in [0.5, 0.6) is 0 Å². The van der Waals surface area contributed by atoms with Gasteiger partial charge in [0.25, 0.3) is 0 Å². The Balaban J connectivity index is 0.000000156. The van der Waals surface area contributed by atoms with Crippen molar-refractivity contribution in [1.82, 2.24) is 0 Å². The van der Waals surface area contributed by atoms with Crippen LogP contribution in [0.1, 0.15) is 0 Å². The molecule has 0 unspecified atom stereocenters. The van der Waals surface area contributed by atoms with Crippen molar-refractivity contribution in [2.75, 3.05) is 19.6 Å². The summed E-state index contributed by atoms with van der Waals surface area (Å²) in [7, 11) is 0. The fraction of sp³-hybridized carbons (Fsp3) is 0. The molecule has 0 saturated carbocycles. The van der Waals surface area contributed by atoms with Gasteiger partial charge in [0.2, 0.25) is 0 Å². The number of benzene rings is 21. The van der Waals surface area contributed by atoms with E-state index in [1.165, 1.54) is 121 Å². The van der Waals surface area contributed by atoms with Crippen molar-refractivity contribution in [2.45, 2.75) is 0 Å². The lowest BCUT2D eigenvalue weighted by atomic mass is 9.86. The van der Waals surface area contributed by atoms with Crippen molar-refractivity contribution in [3.63, 3.8) is 0 Å². The lowest BCUT2D eigenvalue weighted by Gasteiger charge is -2.26. The van der Waals surface area contributed by atoms with Crippen LogP contribution in [0, 0.1) is 0 Å². The third-order valence-electron chi connectivity index (χ3n) is 23.3. The van der Waals surface area contributed by atoms with E-state index in [1.807, 2.05) is 0 Å². The molecule has 0 aliphatic heterocycles. The van der Waals surface area contributed by atoms with E-state index in [9.17, 15) is 0 Å². The zero-order valence-corrected chi connectivity index (χ0v) is 67.3. The SMILES string of the molecule is c1ccc(-c2c3ccccc3c(-c3ccc(-c4ccc(N(c5ccccc5)c5ccc(-c6ccc(N(c7ccccc7)c7ccccc7)cc6)cc5)cc4)cc3)c3ccccc23)cc1.c1ccc(-c2c3ccccc3c(-c3ccc(N(c4ccccc4)c4ccc(-c5ccc(N(c6ccccc6)c6ccccc6)cc5)cc4)cc3)c3ccccc23)cc1. The molecule has 21 rings (SSSR count). The van der Waals surface area contributed by atoms with E-state index >= 15 is 0 Å². The highest BCUT2D eigenvalue weighted by Gasteiger charge is 2.23. The summed E-state index contributed by atoms with van der Waals surface area (Å²) in [6.45, 7) is 0. The number of fused-ring (bicyclic) bond motifs is 4. The van der Waals surface area contributed by atoms with E-state index in [1.54, 1.807) is 0 Å². The molecule has 0 atom stereocenters. The molecule has 21 aromatic carbocycles. The molecule has 122 heavy (non-hydrogen) atoms. The number of rotatable bonds is 19. The molecule has 0 saturated heterocycles. The molecule has 0 N–H and O–H groups in total. The van der Waals surface area contributed by atoms with Gasteiger partial charge in [0.05, 0.1) is 0 Å². The summed E-state index contributed by atoms with van der Waals surface area (Å²) in [5.74, 6) is 0. The van der Waals surface area contributed by atoms with Crippen LogP contribution in [0.25, 0.3) is 121 Å². The number of hydrogen-bond donors (Lipinski definition) is 0. The van der Waals surface area contributed by atoms with E-state index < -0.39 is 0 Å². The van der Waals surface area contributed by atoms with Gasteiger partial charge in [0.15, 0.2) is 0 Å². The first-order chi connectivity index (χ1) is 60.6. The van der Waals surface area contributed by atoms with Crippen LogP contribution in [0.15, 0.2) is 510 Å². The highest BCUT2D eigenvalue weighted by Crippen LogP contribution is 2.49. The summed E-state index contributed by atoms with van der Waals surface area (Å²) >= 11 is 0. The Morgan fingerprint density at radius 1 is 0.0820 bits per heavy atom. The molecule has 21 aromatic rings. The van der Waals surface area contributed by atoms with E-state index in [4.69, 9.17) is 0 Å². The van der Waals surface area contributed by atoms with Gasteiger partial charge in [-0.15, -0.1) is 0 Å². The van der Waals surface area contributed by atoms with Crippen LogP contribution in [-0.2, 0) is 0 Å². The maximum Gasteiger partial charge on any atom is 0.0462 e. The predicted molar refractivity (Wildman–Crippen MR) is 520 cm³/mol. The lowest BCUT2D eigenvalue weighted by molar-refractivity contribution is 1.28. The average molecular weight is 1560 g/mol. The molecule has 0 amide bonds. The first kappa shape index (κ1) is 74.7. The van der Waals surface area contributed by atoms with Crippen molar-refractivity contribution < 1.29 is 0 Å². The summed E-state index contributed by atoms with van der Waals surface area (Å²) in [5, 5.41) is 10.1. The van der Waals surface area contributed by atoms with Crippen LogP contribution >= 0.6 is 0 Å². The predicted octanol–water partition coefficient (Wildman–Crippen LogP) is 33.5. The van der Waals surface area contributed by atoms with Crippen molar-refractivity contribution in [3.05, 3.63) is 510 Å². The Labute approximate surface area is 713 Å². The van der Waals surface area contributed by atoms with E-state index in [2.05, 4.69) is 529 Å². The Hall–Kier alpha value is -16.1. The maximum atomic E-state index is 2.34. The van der Waals surface area contributed by atoms with Gasteiger partial charge in [-0.1, -0.05) is 364 Å². The van der Waals surface area contributed by atoms with E-state index in [0.717, 1.165) is 68.2 Å². The quantitative estimate of drug-likeness (QED) is 0.0748. The minimum absolute atomic E-state index is 1.10. The Bertz CT molecular complexity index is 6940. The molecule has 4 heteroatoms. The number of anilines is 12. The average Bonchev–Trinajstić information content (AvgIpc) is 0.738. The molecule has 0 bridgehead atoms. The third kappa shape index (κ3) is 15.1. The van der Waals surface area contributed by atoms with Crippen LogP contribution in [0.3, 0.4) is 0 Å². The van der Waals surface area contributed by atoms with Gasteiger partial charge in [-0.2, -0.15) is 0 Å². The van der Waals surface area contributed by atoms with Crippen LogP contribution in [0.2, 0.25) is 0 Å². The monoisotopic (exact) mass is 1560 g/mol. The first-order valence-electron chi connectivity index (χ1n) is 41.8. The molecule has 576 valence electrons. The number of hydrogen-bond acceptors (Lipinski definition) is 4. The summed E-state index contributed by atoms with van der Waals surface area (Å²) in [6, 6.07) is 183. The first-order valence-corrected chi connectivity index (χ1v) is 41.8. The highest BCUT2D eigenvalue weighted by molar-refractivity contribution is 6.23. The molecule has 0 heterocycles. The van der Waals surface area contributed by atoms with Crippen LogP contribution in [0.4, 0.5) is 68.2 Å². The largest absolute Gasteiger partial charge is 0.311 e. The summed E-state index contributed by atoms with van der Waals surface area (Å²) in [4.78, 5) is 9.25. The number of para-hydroxylation sites is 6. The van der Waals surface area contributed by atoms with Gasteiger partial charge in [0.1, 0.15) is 0 Å². The molecule has 0 spiro atoms. The molecule has 4 nitrogen and oxygen atoms in total. The van der Waals surface area contributed by atoms with Crippen molar-refractivity contribution in [3.8, 4) is 77.9 Å². The standard InChI is InChI=1S/C62H44N2.C56H40N2/c1-5-17-49(18-6-1)61-57-25-13-15-27-59(57)62(60-28-16-14-26-58(60)61)50-31-29-45(30-32-50)46-33-41-55(42-34-46)64(53-23-11-4-12-24-53)56-43-37-48(38-44-56)47-35-39-54(40-36-47)63(51-19-7-2-8-20-51)52-21-9-3-10-22-52;1-5-17-43(18-6-1)55-51-25-13-15-27-53(51)56(54-28-16-14-26-52(54)55)44-33-39-50(40-34-44)58(47-23-11-4-12-24-47)49-37-31-42(32-38-49)41-29-35-48(36-30-41)57(45-19-7-2-8-20-45)46-21-9-3-10-22-46/h1-44H;1-40H. The van der Waals surface area contributed by atoms with E-state index in [0.29, 0.717) is 0 Å². The smallest absolute Gasteiger partial charge is 0.0462 e. The zero-order valence-electron chi connectivity index (χ0n) is 67.3. The fourth-order valence-electron chi connectivity index (χ4n) is 17.6. The molecule has 0 radical (unpaired) electrons. The van der Waals surface area contributed by atoms with Gasteiger partial charge < -0.3 is 19.6 Å². The minimum Gasteiger partial charge on any atom is -0.311 e. The summed E-state index contributed by atoms with van der Waals surface area (Å²) in [5.41, 5.74) is 30.4. The van der Waals surface area contributed by atoms with Crippen molar-refractivity contribution in [1.29, 1.82) is 0 Å². The van der Waals surface area contributed by atoms with Gasteiger partial charge >= 0.3 is 0 Å². The molecular formula is C118H84N4. The zero-order chi connectivity index (χ0) is 81.3. The topological polar surface area (TPSA) is 13.0 Å². The third-order valence-corrected chi connectivity index (χ3v) is 23.3. The maximum absolute atomic E-state index is 2.34. The molecule has 0 aliphatic rings. The second-order valence-electron chi connectivity index (χ2n) is 30.6. The van der Waals surface area contributed by atoms with Crippen molar-refractivity contribution in [2.24, 2.45) is 0 Å². The fourth-order valence-corrected chi connectivity index (χ4v) is 17.6. The second-order valence-corrected chi connectivity index (χ2v) is 30.6. The molecular weight excluding hydrogens is 1470 g/mol. The lowest BCUT2D eigenvalue weighted by Crippen LogP contribution is -2.09. The Morgan fingerprint density at radius 2 is 0.189 bits per heavy atom. The summed E-state index contributed by atoms with van der Waals surface area (Å²) < 4.78 is 0. The number of nitrogens with zero attached hydrogens (tertiary/aromatic N) is 4. The molecule has 0 aliphatic carbocycles. The highest BCUT2D eigenvalue weighted by atomic mass is 15.2. The normalized spacial score (nSPS) is 11.1. The van der Waals surface area contributed by atoms with Crippen molar-refractivity contribution >= 4 is 111 Å². The van der Waals surface area contributed by atoms with Gasteiger partial charge in [0, 0.05) is 68.2 Å². The van der Waals surface area contributed by atoms with Gasteiger partial charge in [-0.05, 0) is 267 Å². The van der Waals surface area contributed by atoms with Gasteiger partial charge in [-0.3, -0.25) is 0 Å².